The fourth-order valence-corrected chi connectivity index (χ4v) is 4.50. The van der Waals surface area contributed by atoms with Gasteiger partial charge < -0.3 is 20.5 Å². The number of amides is 2. The number of benzene rings is 3. The molecule has 1 aliphatic carbocycles. The molecule has 8 nitrogen and oxygen atoms in total. The topological polar surface area (TPSA) is 105 Å². The highest BCUT2D eigenvalue weighted by atomic mass is 16.5. The highest BCUT2D eigenvalue weighted by Crippen LogP contribution is 2.39. The predicted octanol–water partition coefficient (Wildman–Crippen LogP) is 5.85. The molecule has 0 spiro atoms. The van der Waals surface area contributed by atoms with E-state index in [9.17, 15) is 14.7 Å². The molecule has 0 atom stereocenters. The molecule has 1 saturated carbocycles. The number of phenols is 1. The highest BCUT2D eigenvalue weighted by molar-refractivity contribution is 6.06. The molecule has 0 unspecified atom stereocenters. The van der Waals surface area contributed by atoms with Gasteiger partial charge in [-0.15, -0.1) is 0 Å². The van der Waals surface area contributed by atoms with Crippen LogP contribution in [-0.2, 0) is 6.54 Å². The van der Waals surface area contributed by atoms with Crippen LogP contribution >= 0.6 is 0 Å². The average molecular weight is 511 g/mol. The maximum Gasteiger partial charge on any atom is 0.342 e. The van der Waals surface area contributed by atoms with Crippen molar-refractivity contribution in [2.24, 2.45) is 0 Å². The van der Waals surface area contributed by atoms with Gasteiger partial charge in [-0.3, -0.25) is 4.79 Å². The molecule has 38 heavy (non-hydrogen) atoms. The SMILES string of the molecule is COc1ccccc1C(=O)Nc1ccc(-c2cc(C3CCC3)n(C(=O)NCc3ccc(C)cc3)n2)c(O)c1. The molecule has 1 fully saturated rings. The Morgan fingerprint density at radius 3 is 2.50 bits per heavy atom. The lowest BCUT2D eigenvalue weighted by molar-refractivity contribution is 0.102. The van der Waals surface area contributed by atoms with E-state index in [-0.39, 0.29) is 23.6 Å². The number of rotatable bonds is 7. The molecule has 0 saturated heterocycles. The third-order valence-corrected chi connectivity index (χ3v) is 6.90. The summed E-state index contributed by atoms with van der Waals surface area (Å²) >= 11 is 0. The second-order valence-corrected chi connectivity index (χ2v) is 9.52. The number of nitrogens with zero attached hydrogens (tertiary/aromatic N) is 2. The van der Waals surface area contributed by atoms with Gasteiger partial charge in [-0.25, -0.2) is 4.79 Å². The van der Waals surface area contributed by atoms with E-state index in [0.717, 1.165) is 36.1 Å². The molecule has 194 valence electrons. The minimum absolute atomic E-state index is 0.0484. The lowest BCUT2D eigenvalue weighted by Gasteiger charge is -2.25. The van der Waals surface area contributed by atoms with Gasteiger partial charge in [0, 0.05) is 29.8 Å². The summed E-state index contributed by atoms with van der Waals surface area (Å²) in [5, 5.41) is 21.1. The third-order valence-electron chi connectivity index (χ3n) is 6.90. The van der Waals surface area contributed by atoms with Gasteiger partial charge in [0.1, 0.15) is 11.5 Å². The first kappa shape index (κ1) is 25.1. The van der Waals surface area contributed by atoms with E-state index in [2.05, 4.69) is 15.7 Å². The van der Waals surface area contributed by atoms with E-state index in [1.165, 1.54) is 17.9 Å². The molecular weight excluding hydrogens is 480 g/mol. The van der Waals surface area contributed by atoms with Crippen LogP contribution in [0, 0.1) is 6.92 Å². The van der Waals surface area contributed by atoms with Crippen LogP contribution in [0.2, 0.25) is 0 Å². The van der Waals surface area contributed by atoms with Gasteiger partial charge in [-0.1, -0.05) is 48.4 Å². The Labute approximate surface area is 221 Å². The average Bonchev–Trinajstić information content (AvgIpc) is 3.31. The molecule has 8 heteroatoms. The largest absolute Gasteiger partial charge is 0.507 e. The van der Waals surface area contributed by atoms with Crippen molar-refractivity contribution in [2.75, 3.05) is 12.4 Å². The standard InChI is InChI=1S/C30H30N4O4/c1-19-10-12-20(13-11-19)18-31-30(37)34-26(21-6-5-7-21)17-25(33-34)23-15-14-22(16-27(23)35)32-29(36)24-8-3-4-9-28(24)38-2/h3-4,8-17,21,35H,5-7,18H2,1-2H3,(H,31,37)(H,32,36). The molecular formula is C30H30N4O4. The molecule has 3 N–H and O–H groups in total. The molecule has 1 aromatic heterocycles. The fraction of sp³-hybridized carbons (Fsp3) is 0.233. The summed E-state index contributed by atoms with van der Waals surface area (Å²) in [7, 11) is 1.51. The van der Waals surface area contributed by atoms with Crippen molar-refractivity contribution in [3.8, 4) is 22.8 Å². The minimum Gasteiger partial charge on any atom is -0.507 e. The van der Waals surface area contributed by atoms with Gasteiger partial charge >= 0.3 is 6.03 Å². The Hall–Kier alpha value is -4.59. The normalized spacial score (nSPS) is 13.0. The first-order valence-electron chi connectivity index (χ1n) is 12.6. The molecule has 1 aliphatic rings. The molecule has 4 aromatic rings. The summed E-state index contributed by atoms with van der Waals surface area (Å²) in [5.41, 5.74) is 4.79. The van der Waals surface area contributed by atoms with E-state index in [0.29, 0.717) is 34.8 Å². The number of phenolic OH excluding ortho intramolecular Hbond substituents is 1. The number of carbonyl (C=O) groups excluding carboxylic acids is 2. The van der Waals surface area contributed by atoms with E-state index < -0.39 is 0 Å². The Morgan fingerprint density at radius 1 is 1.05 bits per heavy atom. The van der Waals surface area contributed by atoms with E-state index in [4.69, 9.17) is 4.74 Å². The van der Waals surface area contributed by atoms with Crippen LogP contribution in [0.3, 0.4) is 0 Å². The van der Waals surface area contributed by atoms with Crippen LogP contribution in [0.4, 0.5) is 10.5 Å². The number of carbonyl (C=O) groups is 2. The van der Waals surface area contributed by atoms with E-state index >= 15 is 0 Å². The zero-order valence-corrected chi connectivity index (χ0v) is 21.4. The van der Waals surface area contributed by atoms with Crippen LogP contribution in [0.25, 0.3) is 11.3 Å². The number of anilines is 1. The first-order chi connectivity index (χ1) is 18.4. The van der Waals surface area contributed by atoms with Crippen LogP contribution in [0.5, 0.6) is 11.5 Å². The quantitative estimate of drug-likeness (QED) is 0.289. The number of aromatic nitrogens is 2. The molecule has 1 heterocycles. The predicted molar refractivity (Wildman–Crippen MR) is 146 cm³/mol. The maximum atomic E-state index is 13.1. The van der Waals surface area contributed by atoms with Gasteiger partial charge in [0.25, 0.3) is 5.91 Å². The minimum atomic E-state index is -0.351. The monoisotopic (exact) mass is 510 g/mol. The Morgan fingerprint density at radius 2 is 1.82 bits per heavy atom. The van der Waals surface area contributed by atoms with E-state index in [1.807, 2.05) is 37.3 Å². The maximum absolute atomic E-state index is 13.1. The number of aromatic hydroxyl groups is 1. The summed E-state index contributed by atoms with van der Waals surface area (Å²) in [6.07, 6.45) is 3.11. The Balaban J connectivity index is 1.36. The van der Waals surface area contributed by atoms with Gasteiger partial charge in [0.2, 0.25) is 0 Å². The van der Waals surface area contributed by atoms with Gasteiger partial charge in [0.15, 0.2) is 0 Å². The summed E-state index contributed by atoms with van der Waals surface area (Å²) in [5.74, 6) is 0.313. The number of methoxy groups -OCH3 is 1. The molecule has 3 aromatic carbocycles. The summed E-state index contributed by atoms with van der Waals surface area (Å²) in [4.78, 5) is 25.9. The number of hydrogen-bond donors (Lipinski definition) is 3. The van der Waals surface area contributed by atoms with Crippen molar-refractivity contribution in [2.45, 2.75) is 38.6 Å². The van der Waals surface area contributed by atoms with Gasteiger partial charge in [0.05, 0.1) is 24.1 Å². The van der Waals surface area contributed by atoms with Crippen molar-refractivity contribution in [3.63, 3.8) is 0 Å². The van der Waals surface area contributed by atoms with Crippen LogP contribution in [0.1, 0.15) is 52.4 Å². The summed E-state index contributed by atoms with van der Waals surface area (Å²) in [6, 6.07) is 21.3. The molecule has 5 rings (SSSR count). The second-order valence-electron chi connectivity index (χ2n) is 9.52. The van der Waals surface area contributed by atoms with Crippen molar-refractivity contribution in [3.05, 3.63) is 95.2 Å². The van der Waals surface area contributed by atoms with Gasteiger partial charge in [-0.05, 0) is 55.7 Å². The third kappa shape index (κ3) is 5.25. The first-order valence-corrected chi connectivity index (χ1v) is 12.6. The zero-order valence-electron chi connectivity index (χ0n) is 21.4. The van der Waals surface area contributed by atoms with Crippen molar-refractivity contribution >= 4 is 17.6 Å². The second kappa shape index (κ2) is 10.8. The molecule has 0 radical (unpaired) electrons. The number of aryl methyl sites for hydroxylation is 1. The molecule has 0 aliphatic heterocycles. The van der Waals surface area contributed by atoms with Crippen molar-refractivity contribution in [1.29, 1.82) is 0 Å². The lowest BCUT2D eigenvalue weighted by Crippen LogP contribution is -2.31. The zero-order chi connectivity index (χ0) is 26.6. The fourth-order valence-electron chi connectivity index (χ4n) is 4.50. The summed E-state index contributed by atoms with van der Waals surface area (Å²) in [6.45, 7) is 2.42. The smallest absolute Gasteiger partial charge is 0.342 e. The van der Waals surface area contributed by atoms with Gasteiger partial charge in [-0.2, -0.15) is 9.78 Å². The number of hydrogen-bond acceptors (Lipinski definition) is 5. The Bertz CT molecular complexity index is 1470. The lowest BCUT2D eigenvalue weighted by atomic mass is 9.82. The van der Waals surface area contributed by atoms with Crippen LogP contribution < -0.4 is 15.4 Å². The van der Waals surface area contributed by atoms with Crippen LogP contribution in [-0.4, -0.2) is 33.9 Å². The van der Waals surface area contributed by atoms with Crippen molar-refractivity contribution in [1.82, 2.24) is 15.1 Å². The van der Waals surface area contributed by atoms with Crippen molar-refractivity contribution < 1.29 is 19.4 Å². The number of para-hydroxylation sites is 1. The number of ether oxygens (including phenoxy) is 1. The number of nitrogens with one attached hydrogen (secondary N) is 2. The Kier molecular flexibility index (Phi) is 7.13. The van der Waals surface area contributed by atoms with E-state index in [1.54, 1.807) is 36.4 Å². The highest BCUT2D eigenvalue weighted by Gasteiger charge is 2.27. The molecule has 0 bridgehead atoms. The summed E-state index contributed by atoms with van der Waals surface area (Å²) < 4.78 is 6.69. The molecule has 2 amide bonds. The van der Waals surface area contributed by atoms with Crippen LogP contribution in [0.15, 0.2) is 72.8 Å².